The third-order valence-corrected chi connectivity index (χ3v) is 12.2. The zero-order valence-corrected chi connectivity index (χ0v) is 37.6. The van der Waals surface area contributed by atoms with Gasteiger partial charge in [-0.15, -0.1) is 0 Å². The van der Waals surface area contributed by atoms with Crippen molar-refractivity contribution in [2.24, 2.45) is 0 Å². The van der Waals surface area contributed by atoms with E-state index in [2.05, 4.69) is 19.2 Å². The fourth-order valence-corrected chi connectivity index (χ4v) is 8.54. The summed E-state index contributed by atoms with van der Waals surface area (Å²) < 4.78 is 32.6. The minimum absolute atomic E-state index is 0.271. The first-order valence-corrected chi connectivity index (χ1v) is 26.0. The van der Waals surface area contributed by atoms with Gasteiger partial charge in [0, 0.05) is 6.42 Å². The topological polar surface area (TPSA) is 104 Å². The van der Waals surface area contributed by atoms with Crippen LogP contribution in [-0.4, -0.2) is 41.9 Å². The molecule has 2 unspecified atom stereocenters. The molecule has 0 fully saturated rings. The number of amides is 1. The van der Waals surface area contributed by atoms with Gasteiger partial charge in [-0.1, -0.05) is 257 Å². The number of hydrogen-bond donors (Lipinski definition) is 3. The third kappa shape index (κ3) is 44.0. The number of aliphatic hydroxyl groups excluding tert-OH is 1. The molecule has 0 aromatic heterocycles. The summed E-state index contributed by atoms with van der Waals surface area (Å²) in [5, 5.41) is 13.3. The molecule has 7 heteroatoms. The van der Waals surface area contributed by atoms with Crippen LogP contribution in [0, 0.1) is 0 Å². The van der Waals surface area contributed by atoms with Gasteiger partial charge < -0.3 is 10.4 Å². The van der Waals surface area contributed by atoms with Crippen molar-refractivity contribution in [1.82, 2.24) is 5.32 Å². The Bertz CT molecular complexity index is 923. The Morgan fingerprint density at radius 1 is 0.473 bits per heavy atom. The number of carbonyl (C=O) groups is 1. The zero-order valence-electron chi connectivity index (χ0n) is 36.8. The van der Waals surface area contributed by atoms with Crippen LogP contribution in [0.2, 0.25) is 0 Å². The number of nitrogens with one attached hydrogen (secondary N) is 1. The molecule has 0 aromatic rings. The van der Waals surface area contributed by atoms with Crippen LogP contribution in [0.4, 0.5) is 0 Å². The van der Waals surface area contributed by atoms with Crippen LogP contribution >= 0.6 is 0 Å². The molecule has 0 saturated heterocycles. The lowest BCUT2D eigenvalue weighted by atomic mass is 10.0. The summed E-state index contributed by atoms with van der Waals surface area (Å²) >= 11 is 0. The molecule has 0 aliphatic heterocycles. The molecule has 0 rings (SSSR count). The minimum Gasteiger partial charge on any atom is -0.387 e. The number of hydrogen-bond acceptors (Lipinski definition) is 4. The zero-order chi connectivity index (χ0) is 40.3. The predicted molar refractivity (Wildman–Crippen MR) is 240 cm³/mol. The van der Waals surface area contributed by atoms with Crippen molar-refractivity contribution in [2.45, 2.75) is 283 Å². The number of carbonyl (C=O) groups excluding carboxylic acids is 1. The molecule has 2 atom stereocenters. The van der Waals surface area contributed by atoms with E-state index in [9.17, 15) is 22.9 Å². The van der Waals surface area contributed by atoms with Gasteiger partial charge in [-0.3, -0.25) is 9.35 Å². The van der Waals surface area contributed by atoms with Gasteiger partial charge in [-0.05, 0) is 19.3 Å². The Morgan fingerprint density at radius 2 is 0.745 bits per heavy atom. The SMILES string of the molecule is CCCCCCCCCCCCCCCCCCCCC/C=C/C(O)C(CS(=O)(=O)O)NC(=O)CCCCCCCCCCCCCCCCCCCCC. The smallest absolute Gasteiger partial charge is 0.267 e. The highest BCUT2D eigenvalue weighted by Crippen LogP contribution is 2.17. The van der Waals surface area contributed by atoms with Crippen LogP contribution in [0.15, 0.2) is 12.2 Å². The Balaban J connectivity index is 3.79. The van der Waals surface area contributed by atoms with Crippen molar-refractivity contribution in [2.75, 3.05) is 5.75 Å². The second-order valence-electron chi connectivity index (χ2n) is 17.1. The maximum atomic E-state index is 12.6. The molecule has 0 bridgehead atoms. The molecule has 0 saturated carbocycles. The summed E-state index contributed by atoms with van der Waals surface area (Å²) in [6.07, 6.45) is 53.5. The van der Waals surface area contributed by atoms with Crippen molar-refractivity contribution < 1.29 is 22.9 Å². The average Bonchev–Trinajstić information content (AvgIpc) is 3.15. The number of unbranched alkanes of at least 4 members (excludes halogenated alkanes) is 37. The lowest BCUT2D eigenvalue weighted by Crippen LogP contribution is -2.46. The molecular formula is C48H95NO5S. The number of allylic oxidation sites excluding steroid dienone is 1. The predicted octanol–water partition coefficient (Wildman–Crippen LogP) is 14.9. The molecule has 0 aliphatic rings. The fourth-order valence-electron chi connectivity index (χ4n) is 7.81. The normalized spacial score (nSPS) is 13.2. The summed E-state index contributed by atoms with van der Waals surface area (Å²) in [5.41, 5.74) is 0. The molecule has 0 radical (unpaired) electrons. The van der Waals surface area contributed by atoms with Crippen molar-refractivity contribution in [3.63, 3.8) is 0 Å². The Kier molecular flexibility index (Phi) is 42.0. The van der Waals surface area contributed by atoms with Gasteiger partial charge in [0.25, 0.3) is 10.1 Å². The fraction of sp³-hybridized carbons (Fsp3) is 0.938. The molecule has 0 aromatic carbocycles. The van der Waals surface area contributed by atoms with Crippen LogP contribution in [0.5, 0.6) is 0 Å². The monoisotopic (exact) mass is 798 g/mol. The molecule has 1 amide bonds. The molecular weight excluding hydrogens is 703 g/mol. The van der Waals surface area contributed by atoms with E-state index in [1.54, 1.807) is 6.08 Å². The first-order valence-electron chi connectivity index (χ1n) is 24.4. The minimum atomic E-state index is -4.34. The van der Waals surface area contributed by atoms with E-state index < -0.39 is 28.0 Å². The second kappa shape index (κ2) is 42.7. The molecule has 328 valence electrons. The van der Waals surface area contributed by atoms with Crippen LogP contribution < -0.4 is 5.32 Å². The van der Waals surface area contributed by atoms with E-state index in [1.807, 2.05) is 6.08 Å². The quantitative estimate of drug-likeness (QED) is 0.0323. The van der Waals surface area contributed by atoms with Gasteiger partial charge in [0.1, 0.15) is 0 Å². The van der Waals surface area contributed by atoms with Gasteiger partial charge in [-0.25, -0.2) is 0 Å². The van der Waals surface area contributed by atoms with E-state index in [0.29, 0.717) is 6.42 Å². The molecule has 6 nitrogen and oxygen atoms in total. The number of rotatable bonds is 45. The molecule has 3 N–H and O–H groups in total. The van der Waals surface area contributed by atoms with Crippen LogP contribution in [0.25, 0.3) is 0 Å². The lowest BCUT2D eigenvalue weighted by molar-refractivity contribution is -0.122. The Morgan fingerprint density at radius 3 is 1.04 bits per heavy atom. The van der Waals surface area contributed by atoms with E-state index in [0.717, 1.165) is 38.5 Å². The standard InChI is InChI=1S/C48H95NO5S/c1-3-5-7-9-11-13-15-17-19-21-23-24-26-27-29-31-33-35-37-39-41-43-47(50)46(45-55(52,53)54)49-48(51)44-42-40-38-36-34-32-30-28-25-22-20-18-16-14-12-10-8-6-4-2/h41,43,46-47,50H,3-40,42,44-45H2,1-2H3,(H,49,51)(H,52,53,54)/b43-41+. The average molecular weight is 798 g/mol. The molecule has 55 heavy (non-hydrogen) atoms. The van der Waals surface area contributed by atoms with E-state index in [-0.39, 0.29) is 5.91 Å². The Hall–Kier alpha value is -0.920. The van der Waals surface area contributed by atoms with Gasteiger partial charge in [-0.2, -0.15) is 8.42 Å². The van der Waals surface area contributed by atoms with Crippen molar-refractivity contribution >= 4 is 16.0 Å². The second-order valence-corrected chi connectivity index (χ2v) is 18.6. The Labute approximate surface area is 343 Å². The van der Waals surface area contributed by atoms with Crippen LogP contribution in [0.1, 0.15) is 271 Å². The number of aliphatic hydroxyl groups is 1. The summed E-state index contributed by atoms with van der Waals surface area (Å²) in [7, 11) is -4.34. The maximum absolute atomic E-state index is 12.6. The van der Waals surface area contributed by atoms with Crippen LogP contribution in [-0.2, 0) is 14.9 Å². The van der Waals surface area contributed by atoms with E-state index in [4.69, 9.17) is 0 Å². The van der Waals surface area contributed by atoms with Crippen molar-refractivity contribution in [3.8, 4) is 0 Å². The van der Waals surface area contributed by atoms with Gasteiger partial charge in [0.15, 0.2) is 0 Å². The summed E-state index contributed by atoms with van der Waals surface area (Å²) in [4.78, 5) is 12.6. The highest BCUT2D eigenvalue weighted by molar-refractivity contribution is 7.85. The molecule has 0 spiro atoms. The van der Waals surface area contributed by atoms with Crippen LogP contribution in [0.3, 0.4) is 0 Å². The molecule has 0 heterocycles. The van der Waals surface area contributed by atoms with Gasteiger partial charge >= 0.3 is 0 Å². The van der Waals surface area contributed by atoms with Gasteiger partial charge in [0.2, 0.25) is 5.91 Å². The van der Waals surface area contributed by atoms with Crippen molar-refractivity contribution in [1.29, 1.82) is 0 Å². The highest BCUT2D eigenvalue weighted by Gasteiger charge is 2.24. The largest absolute Gasteiger partial charge is 0.387 e. The van der Waals surface area contributed by atoms with E-state index >= 15 is 0 Å². The lowest BCUT2D eigenvalue weighted by Gasteiger charge is -2.21. The third-order valence-electron chi connectivity index (χ3n) is 11.5. The van der Waals surface area contributed by atoms with Gasteiger partial charge in [0.05, 0.1) is 17.9 Å². The molecule has 0 aliphatic carbocycles. The first-order chi connectivity index (χ1) is 26.8. The summed E-state index contributed by atoms with van der Waals surface area (Å²) in [5.74, 6) is -0.963. The summed E-state index contributed by atoms with van der Waals surface area (Å²) in [6, 6.07) is -1.05. The highest BCUT2D eigenvalue weighted by atomic mass is 32.2. The first kappa shape index (κ1) is 54.1. The van der Waals surface area contributed by atoms with Crippen molar-refractivity contribution in [3.05, 3.63) is 12.2 Å². The maximum Gasteiger partial charge on any atom is 0.267 e. The summed E-state index contributed by atoms with van der Waals surface area (Å²) in [6.45, 7) is 4.56. The van der Waals surface area contributed by atoms with E-state index in [1.165, 1.54) is 212 Å².